The van der Waals surface area contributed by atoms with Crippen LogP contribution in [0.25, 0.3) is 10.9 Å². The highest BCUT2D eigenvalue weighted by atomic mass is 15.1. The molecule has 3 aromatic rings. The molecule has 5 nitrogen and oxygen atoms in total. The lowest BCUT2D eigenvalue weighted by molar-refractivity contribution is 1.14. The normalized spacial score (nSPS) is 10.3. The summed E-state index contributed by atoms with van der Waals surface area (Å²) in [5.41, 5.74) is 1.83. The van der Waals surface area contributed by atoms with Gasteiger partial charge in [-0.3, -0.25) is 4.98 Å². The molecular weight excluding hydrogens is 262 g/mol. The van der Waals surface area contributed by atoms with E-state index < -0.39 is 0 Å². The van der Waals surface area contributed by atoms with E-state index in [1.807, 2.05) is 36.4 Å². The van der Waals surface area contributed by atoms with Crippen LogP contribution in [0.4, 0.5) is 17.3 Å². The molecule has 21 heavy (non-hydrogen) atoms. The smallest absolute Gasteiger partial charge is 0.135 e. The molecule has 0 fully saturated rings. The molecule has 104 valence electrons. The number of hydrogen-bond acceptors (Lipinski definition) is 5. The van der Waals surface area contributed by atoms with E-state index in [-0.39, 0.29) is 0 Å². The molecule has 2 heterocycles. The molecule has 0 amide bonds. The van der Waals surface area contributed by atoms with Gasteiger partial charge >= 0.3 is 0 Å². The van der Waals surface area contributed by atoms with Crippen LogP contribution >= 0.6 is 0 Å². The number of hydrogen-bond donors (Lipinski definition) is 2. The summed E-state index contributed by atoms with van der Waals surface area (Å²) in [6.45, 7) is 4.33. The molecule has 2 aromatic heterocycles. The third-order valence-electron chi connectivity index (χ3n) is 2.99. The number of nitrogens with zero attached hydrogens (tertiary/aromatic N) is 3. The van der Waals surface area contributed by atoms with Crippen molar-refractivity contribution in [3.8, 4) is 0 Å². The van der Waals surface area contributed by atoms with Gasteiger partial charge in [0.25, 0.3) is 0 Å². The van der Waals surface area contributed by atoms with Crippen LogP contribution in [0.5, 0.6) is 0 Å². The van der Waals surface area contributed by atoms with Crippen molar-refractivity contribution in [3.63, 3.8) is 0 Å². The van der Waals surface area contributed by atoms with E-state index in [4.69, 9.17) is 0 Å². The number of benzene rings is 1. The van der Waals surface area contributed by atoms with E-state index in [0.717, 1.165) is 28.2 Å². The number of rotatable bonds is 5. The highest BCUT2D eigenvalue weighted by Gasteiger charge is 2.03. The van der Waals surface area contributed by atoms with Gasteiger partial charge in [0.1, 0.15) is 18.0 Å². The van der Waals surface area contributed by atoms with Crippen molar-refractivity contribution in [1.29, 1.82) is 0 Å². The summed E-state index contributed by atoms with van der Waals surface area (Å²) in [5, 5.41) is 7.50. The minimum atomic E-state index is 0.659. The van der Waals surface area contributed by atoms with Gasteiger partial charge in [-0.1, -0.05) is 24.3 Å². The zero-order chi connectivity index (χ0) is 14.5. The lowest BCUT2D eigenvalue weighted by Crippen LogP contribution is -2.02. The molecule has 3 rings (SSSR count). The first-order valence-corrected chi connectivity index (χ1v) is 6.64. The van der Waals surface area contributed by atoms with Gasteiger partial charge in [-0.05, 0) is 12.1 Å². The first kappa shape index (κ1) is 13.1. The zero-order valence-corrected chi connectivity index (χ0v) is 11.5. The lowest BCUT2D eigenvalue weighted by atomic mass is 10.2. The standard InChI is InChI=1S/C16H15N5/c1-2-8-17-14-10-15(20-11-19-14)21-13-7-3-5-12-6-4-9-18-16(12)13/h2-7,9-11H,1,8H2,(H2,17,19,20,21). The van der Waals surface area contributed by atoms with Crippen LogP contribution in [-0.4, -0.2) is 21.5 Å². The van der Waals surface area contributed by atoms with E-state index in [0.29, 0.717) is 6.54 Å². The summed E-state index contributed by atoms with van der Waals surface area (Å²) in [7, 11) is 0. The van der Waals surface area contributed by atoms with E-state index >= 15 is 0 Å². The predicted molar refractivity (Wildman–Crippen MR) is 85.7 cm³/mol. The Morgan fingerprint density at radius 2 is 1.90 bits per heavy atom. The number of anilines is 3. The van der Waals surface area contributed by atoms with E-state index in [2.05, 4.69) is 32.2 Å². The molecule has 5 heteroatoms. The second kappa shape index (κ2) is 6.00. The van der Waals surface area contributed by atoms with Gasteiger partial charge in [0.05, 0.1) is 11.2 Å². The van der Waals surface area contributed by atoms with Crippen molar-refractivity contribution in [3.05, 3.63) is 61.6 Å². The maximum Gasteiger partial charge on any atom is 0.135 e. The molecule has 2 N–H and O–H groups in total. The summed E-state index contributed by atoms with van der Waals surface area (Å²) in [5.74, 6) is 1.47. The fraction of sp³-hybridized carbons (Fsp3) is 0.0625. The lowest BCUT2D eigenvalue weighted by Gasteiger charge is -2.09. The molecule has 0 saturated carbocycles. The fourth-order valence-electron chi connectivity index (χ4n) is 2.04. The molecule has 0 aliphatic heterocycles. The Balaban J connectivity index is 1.90. The average molecular weight is 277 g/mol. The van der Waals surface area contributed by atoms with E-state index in [1.165, 1.54) is 6.33 Å². The van der Waals surface area contributed by atoms with Crippen LogP contribution in [0.2, 0.25) is 0 Å². The summed E-state index contributed by atoms with van der Waals surface area (Å²) < 4.78 is 0. The summed E-state index contributed by atoms with van der Waals surface area (Å²) in [6, 6.07) is 11.8. The van der Waals surface area contributed by atoms with Gasteiger partial charge in [-0.2, -0.15) is 0 Å². The molecule has 0 radical (unpaired) electrons. The Bertz CT molecular complexity index is 764. The maximum absolute atomic E-state index is 4.41. The SMILES string of the molecule is C=CCNc1cc(Nc2cccc3cccnc23)ncn1. The highest BCUT2D eigenvalue weighted by molar-refractivity contribution is 5.91. The predicted octanol–water partition coefficient (Wildman–Crippen LogP) is 3.37. The zero-order valence-electron chi connectivity index (χ0n) is 11.5. The number of pyridine rings is 1. The van der Waals surface area contributed by atoms with Crippen LogP contribution in [0, 0.1) is 0 Å². The largest absolute Gasteiger partial charge is 0.366 e. The second-order valence-electron chi connectivity index (χ2n) is 4.46. The quantitative estimate of drug-likeness (QED) is 0.700. The monoisotopic (exact) mass is 277 g/mol. The van der Waals surface area contributed by atoms with Crippen molar-refractivity contribution in [1.82, 2.24) is 15.0 Å². The number of nitrogens with one attached hydrogen (secondary N) is 2. The third kappa shape index (κ3) is 2.97. The summed E-state index contributed by atoms with van der Waals surface area (Å²) in [4.78, 5) is 12.8. The van der Waals surface area contributed by atoms with Gasteiger partial charge < -0.3 is 10.6 Å². The first-order chi connectivity index (χ1) is 10.4. The fourth-order valence-corrected chi connectivity index (χ4v) is 2.04. The average Bonchev–Trinajstić information content (AvgIpc) is 2.54. The molecule has 0 saturated heterocycles. The Morgan fingerprint density at radius 1 is 1.05 bits per heavy atom. The van der Waals surface area contributed by atoms with Crippen molar-refractivity contribution >= 4 is 28.2 Å². The second-order valence-corrected chi connectivity index (χ2v) is 4.46. The van der Waals surface area contributed by atoms with Gasteiger partial charge in [-0.15, -0.1) is 6.58 Å². The van der Waals surface area contributed by atoms with Gasteiger partial charge in [-0.25, -0.2) is 9.97 Å². The molecule has 0 bridgehead atoms. The van der Waals surface area contributed by atoms with Crippen LogP contribution in [0.3, 0.4) is 0 Å². The first-order valence-electron chi connectivity index (χ1n) is 6.64. The molecular formula is C16H15N5. The van der Waals surface area contributed by atoms with Gasteiger partial charge in [0.15, 0.2) is 0 Å². The number of fused-ring (bicyclic) bond motifs is 1. The highest BCUT2D eigenvalue weighted by Crippen LogP contribution is 2.24. The van der Waals surface area contributed by atoms with E-state index in [9.17, 15) is 0 Å². The third-order valence-corrected chi connectivity index (χ3v) is 2.99. The Morgan fingerprint density at radius 3 is 2.81 bits per heavy atom. The molecule has 0 atom stereocenters. The van der Waals surface area contributed by atoms with Crippen LogP contribution in [0.1, 0.15) is 0 Å². The minimum absolute atomic E-state index is 0.659. The molecule has 0 unspecified atom stereocenters. The summed E-state index contributed by atoms with van der Waals surface area (Å²) in [6.07, 6.45) is 5.08. The maximum atomic E-state index is 4.41. The molecule has 0 aliphatic carbocycles. The van der Waals surface area contributed by atoms with Crippen molar-refractivity contribution in [2.75, 3.05) is 17.2 Å². The minimum Gasteiger partial charge on any atom is -0.366 e. The van der Waals surface area contributed by atoms with E-state index in [1.54, 1.807) is 12.3 Å². The van der Waals surface area contributed by atoms with Gasteiger partial charge in [0, 0.05) is 24.2 Å². The molecule has 0 aliphatic rings. The number of aromatic nitrogens is 3. The molecule has 1 aromatic carbocycles. The van der Waals surface area contributed by atoms with Crippen LogP contribution in [0.15, 0.2) is 61.6 Å². The number of para-hydroxylation sites is 1. The van der Waals surface area contributed by atoms with Crippen molar-refractivity contribution in [2.45, 2.75) is 0 Å². The van der Waals surface area contributed by atoms with Crippen LogP contribution in [-0.2, 0) is 0 Å². The molecule has 0 spiro atoms. The van der Waals surface area contributed by atoms with Crippen molar-refractivity contribution < 1.29 is 0 Å². The van der Waals surface area contributed by atoms with Crippen molar-refractivity contribution in [2.24, 2.45) is 0 Å². The Hall–Kier alpha value is -2.95. The summed E-state index contributed by atoms with van der Waals surface area (Å²) >= 11 is 0. The van der Waals surface area contributed by atoms with Gasteiger partial charge in [0.2, 0.25) is 0 Å². The topological polar surface area (TPSA) is 62.7 Å². The Kier molecular flexibility index (Phi) is 3.73. The Labute approximate surface area is 122 Å². The van der Waals surface area contributed by atoms with Crippen LogP contribution < -0.4 is 10.6 Å².